The second-order valence-electron chi connectivity index (χ2n) is 4.62. The van der Waals surface area contributed by atoms with Crippen LogP contribution in [0.15, 0.2) is 34.1 Å². The van der Waals surface area contributed by atoms with E-state index in [4.69, 9.17) is 0 Å². The lowest BCUT2D eigenvalue weighted by Crippen LogP contribution is -2.30. The van der Waals surface area contributed by atoms with E-state index in [9.17, 15) is 9.59 Å². The van der Waals surface area contributed by atoms with Gasteiger partial charge in [-0.05, 0) is 43.4 Å². The summed E-state index contributed by atoms with van der Waals surface area (Å²) in [5.74, 6) is 0. The molecule has 0 radical (unpaired) electrons. The maximum absolute atomic E-state index is 12.6. The second-order valence-corrected chi connectivity index (χ2v) is 5.60. The van der Waals surface area contributed by atoms with Gasteiger partial charge in [-0.2, -0.15) is 4.99 Å². The Morgan fingerprint density at radius 1 is 1.27 bits per heavy atom. The number of hydrogen-bond donors (Lipinski definition) is 1. The Kier molecular flexibility index (Phi) is 5.32. The number of carbonyl (C=O) groups is 1. The normalized spacial score (nSPS) is 11.7. The molecule has 0 aliphatic heterocycles. The minimum Gasteiger partial charge on any atom is -0.336 e. The van der Waals surface area contributed by atoms with Crippen molar-refractivity contribution in [1.29, 1.82) is 0 Å². The van der Waals surface area contributed by atoms with Crippen LogP contribution < -0.4 is 15.8 Å². The number of para-hydroxylation sites is 1. The van der Waals surface area contributed by atoms with Crippen LogP contribution in [0.5, 0.6) is 0 Å². The molecular formula is C15H20N4O2S. The number of nitrogens with one attached hydrogen (secondary N) is 1. The van der Waals surface area contributed by atoms with Gasteiger partial charge < -0.3 is 5.32 Å². The summed E-state index contributed by atoms with van der Waals surface area (Å²) in [6.07, 6.45) is 0.797. The predicted octanol–water partition coefficient (Wildman–Crippen LogP) is 1.91. The van der Waals surface area contributed by atoms with Crippen molar-refractivity contribution in [2.45, 2.75) is 33.7 Å². The fraction of sp³-hybridized carbons (Fsp3) is 0.400. The van der Waals surface area contributed by atoms with E-state index < -0.39 is 6.03 Å². The lowest BCUT2D eigenvalue weighted by molar-refractivity contribution is 0.249. The maximum atomic E-state index is 12.6. The molecule has 2 aromatic rings. The van der Waals surface area contributed by atoms with Crippen molar-refractivity contribution in [3.8, 4) is 5.69 Å². The number of nitrogens with zero attached hydrogens (tertiary/aromatic N) is 3. The number of hydrogen-bond acceptors (Lipinski definition) is 3. The smallest absolute Gasteiger partial charge is 0.336 e. The van der Waals surface area contributed by atoms with Crippen molar-refractivity contribution in [3.63, 3.8) is 0 Å². The van der Waals surface area contributed by atoms with Gasteiger partial charge >= 0.3 is 11.7 Å². The fourth-order valence-electron chi connectivity index (χ4n) is 2.15. The second kappa shape index (κ2) is 7.22. The largest absolute Gasteiger partial charge is 0.344 e. The van der Waals surface area contributed by atoms with Crippen molar-refractivity contribution in [3.05, 3.63) is 45.1 Å². The minimum absolute atomic E-state index is 0.170. The minimum atomic E-state index is -0.435. The molecule has 2 amide bonds. The molecule has 0 bridgehead atoms. The summed E-state index contributed by atoms with van der Waals surface area (Å²) in [6, 6.07) is 7.24. The zero-order chi connectivity index (χ0) is 16.1. The number of benzene rings is 1. The zero-order valence-corrected chi connectivity index (χ0v) is 13.8. The molecule has 0 spiro atoms. The van der Waals surface area contributed by atoms with Gasteiger partial charge in [0.15, 0.2) is 0 Å². The van der Waals surface area contributed by atoms with Crippen LogP contribution in [0.3, 0.4) is 0 Å². The highest BCUT2D eigenvalue weighted by Gasteiger charge is 2.13. The summed E-state index contributed by atoms with van der Waals surface area (Å²) >= 11 is 1.19. The van der Waals surface area contributed by atoms with Crippen LogP contribution >= 0.6 is 11.5 Å². The van der Waals surface area contributed by atoms with Crippen molar-refractivity contribution < 1.29 is 4.79 Å². The predicted molar refractivity (Wildman–Crippen MR) is 87.6 cm³/mol. The molecule has 1 heterocycles. The first-order valence-electron chi connectivity index (χ1n) is 7.36. The van der Waals surface area contributed by atoms with Gasteiger partial charge in [-0.25, -0.2) is 18.1 Å². The van der Waals surface area contributed by atoms with Gasteiger partial charge in [-0.1, -0.05) is 25.1 Å². The van der Waals surface area contributed by atoms with E-state index in [0.29, 0.717) is 17.9 Å². The molecule has 0 unspecified atom stereocenters. The van der Waals surface area contributed by atoms with E-state index in [1.165, 1.54) is 16.1 Å². The number of aromatic nitrogens is 2. The molecule has 0 atom stereocenters. The molecule has 0 saturated heterocycles. The topological polar surface area (TPSA) is 68.4 Å². The first kappa shape index (κ1) is 16.2. The number of amides is 2. The van der Waals surface area contributed by atoms with Gasteiger partial charge in [0, 0.05) is 13.1 Å². The highest BCUT2D eigenvalue weighted by atomic mass is 32.1. The van der Waals surface area contributed by atoms with Crippen LogP contribution in [-0.4, -0.2) is 21.1 Å². The molecule has 6 nitrogen and oxygen atoms in total. The highest BCUT2D eigenvalue weighted by Crippen LogP contribution is 2.12. The van der Waals surface area contributed by atoms with Crippen molar-refractivity contribution in [2.24, 2.45) is 4.99 Å². The summed E-state index contributed by atoms with van der Waals surface area (Å²) in [5, 5.41) is 2.62. The Morgan fingerprint density at radius 2 is 2.00 bits per heavy atom. The monoisotopic (exact) mass is 320 g/mol. The molecule has 2 rings (SSSR count). The van der Waals surface area contributed by atoms with E-state index in [2.05, 4.69) is 10.3 Å². The average Bonchev–Trinajstić information content (AvgIpc) is 2.83. The summed E-state index contributed by atoms with van der Waals surface area (Å²) < 4.78 is 3.10. The Bertz CT molecular complexity index is 785. The fourth-order valence-corrected chi connectivity index (χ4v) is 3.02. The van der Waals surface area contributed by atoms with Crippen LogP contribution in [0.4, 0.5) is 4.79 Å². The van der Waals surface area contributed by atoms with Crippen LogP contribution in [0.2, 0.25) is 0 Å². The third-order valence-corrected chi connectivity index (χ3v) is 4.29. The van der Waals surface area contributed by atoms with Gasteiger partial charge in [0.05, 0.1) is 5.69 Å². The summed E-state index contributed by atoms with van der Waals surface area (Å²) in [7, 11) is 0. The van der Waals surface area contributed by atoms with Crippen molar-refractivity contribution in [2.75, 3.05) is 6.54 Å². The van der Waals surface area contributed by atoms with Crippen molar-refractivity contribution >= 4 is 17.6 Å². The van der Waals surface area contributed by atoms with Gasteiger partial charge in [-0.3, -0.25) is 0 Å². The molecule has 1 aromatic carbocycles. The van der Waals surface area contributed by atoms with Crippen LogP contribution in [0.25, 0.3) is 5.69 Å². The Hall–Kier alpha value is -2.15. The zero-order valence-electron chi connectivity index (χ0n) is 13.0. The SMILES string of the molecule is CCNC(=O)N=c1sn(CC)c(=O)n1-c1ccccc1CC. The van der Waals surface area contributed by atoms with Gasteiger partial charge in [0.2, 0.25) is 4.80 Å². The van der Waals surface area contributed by atoms with Crippen molar-refractivity contribution in [1.82, 2.24) is 13.8 Å². The summed E-state index contributed by atoms with van der Waals surface area (Å²) in [4.78, 5) is 28.8. The molecule has 0 fully saturated rings. The van der Waals surface area contributed by atoms with E-state index in [1.54, 1.807) is 3.96 Å². The third kappa shape index (κ3) is 3.19. The first-order valence-corrected chi connectivity index (χ1v) is 8.13. The van der Waals surface area contributed by atoms with Crippen LogP contribution in [0.1, 0.15) is 26.3 Å². The Labute approximate surface area is 132 Å². The molecule has 7 heteroatoms. The molecule has 22 heavy (non-hydrogen) atoms. The lowest BCUT2D eigenvalue weighted by Gasteiger charge is -2.07. The molecule has 0 aliphatic rings. The van der Waals surface area contributed by atoms with E-state index in [0.717, 1.165) is 17.7 Å². The lowest BCUT2D eigenvalue weighted by atomic mass is 10.1. The number of urea groups is 1. The van der Waals surface area contributed by atoms with E-state index in [1.807, 2.05) is 45.0 Å². The van der Waals surface area contributed by atoms with Gasteiger partial charge in [0.25, 0.3) is 0 Å². The van der Waals surface area contributed by atoms with Gasteiger partial charge in [0.1, 0.15) is 0 Å². The average molecular weight is 320 g/mol. The summed E-state index contributed by atoms with van der Waals surface area (Å²) in [5.41, 5.74) is 1.65. The van der Waals surface area contributed by atoms with E-state index >= 15 is 0 Å². The molecule has 1 N–H and O–H groups in total. The number of rotatable bonds is 4. The van der Waals surface area contributed by atoms with Crippen LogP contribution in [-0.2, 0) is 13.0 Å². The maximum Gasteiger partial charge on any atom is 0.344 e. The molecule has 1 aromatic heterocycles. The molecular weight excluding hydrogens is 300 g/mol. The molecule has 0 saturated carbocycles. The third-order valence-electron chi connectivity index (χ3n) is 3.21. The number of aryl methyl sites for hydroxylation is 2. The first-order chi connectivity index (χ1) is 10.6. The van der Waals surface area contributed by atoms with Crippen LogP contribution in [0, 0.1) is 0 Å². The quantitative estimate of drug-likeness (QED) is 0.935. The van der Waals surface area contributed by atoms with E-state index in [-0.39, 0.29) is 5.69 Å². The molecule has 118 valence electrons. The summed E-state index contributed by atoms with van der Waals surface area (Å²) in [6.45, 7) is 6.79. The Morgan fingerprint density at radius 3 is 2.64 bits per heavy atom. The molecule has 0 aliphatic carbocycles. The van der Waals surface area contributed by atoms with Gasteiger partial charge in [-0.15, -0.1) is 0 Å². The standard InChI is InChI=1S/C15H20N4O2S/c1-4-11-9-7-8-10-12(11)19-14(17-13(20)16-5-2)22-18(6-3)15(19)21/h7-10H,4-6H2,1-3H3,(H,16,20). The number of carbonyl (C=O) groups excluding carboxylic acids is 1. The Balaban J connectivity index is 2.71. The highest BCUT2D eigenvalue weighted by molar-refractivity contribution is 7.03.